The molecule has 1 aromatic carbocycles. The van der Waals surface area contributed by atoms with Gasteiger partial charge in [0.2, 0.25) is 0 Å². The van der Waals surface area contributed by atoms with Crippen molar-refractivity contribution in [3.63, 3.8) is 0 Å². The van der Waals surface area contributed by atoms with Gasteiger partial charge in [-0.05, 0) is 34.5 Å². The quantitative estimate of drug-likeness (QED) is 0.593. The molecule has 0 saturated heterocycles. The number of alkyl halides is 1. The van der Waals surface area contributed by atoms with Gasteiger partial charge in [0.1, 0.15) is 0 Å². The van der Waals surface area contributed by atoms with Gasteiger partial charge in [0.05, 0.1) is 5.38 Å². The van der Waals surface area contributed by atoms with Crippen LogP contribution in [0.3, 0.4) is 0 Å². The molecule has 1 aromatic heterocycles. The fourth-order valence-electron chi connectivity index (χ4n) is 1.98. The van der Waals surface area contributed by atoms with Gasteiger partial charge in [0.25, 0.3) is 0 Å². The van der Waals surface area contributed by atoms with Crippen molar-refractivity contribution in [3.05, 3.63) is 56.2 Å². The van der Waals surface area contributed by atoms with Crippen LogP contribution in [0.2, 0.25) is 0 Å². The van der Waals surface area contributed by atoms with Gasteiger partial charge in [0.15, 0.2) is 0 Å². The van der Waals surface area contributed by atoms with Crippen molar-refractivity contribution in [1.82, 2.24) is 0 Å². The smallest absolute Gasteiger partial charge is 0.0770 e. The first-order valence-corrected chi connectivity index (χ1v) is 7.93. The summed E-state index contributed by atoms with van der Waals surface area (Å²) >= 11 is 12.0. The second-order valence-electron chi connectivity index (χ2n) is 5.00. The molecule has 0 radical (unpaired) electrons. The lowest BCUT2D eigenvalue weighted by Gasteiger charge is -2.30. The summed E-state index contributed by atoms with van der Waals surface area (Å²) in [6, 6.07) is 12.6. The van der Waals surface area contributed by atoms with Gasteiger partial charge in [-0.15, -0.1) is 22.9 Å². The summed E-state index contributed by atoms with van der Waals surface area (Å²) in [4.78, 5) is 2.49. The Kier molecular flexibility index (Phi) is 4.20. The summed E-state index contributed by atoms with van der Waals surface area (Å²) in [6.45, 7) is 6.50. The lowest BCUT2D eigenvalue weighted by atomic mass is 9.81. The molecule has 0 aliphatic heterocycles. The largest absolute Gasteiger partial charge is 0.143 e. The zero-order chi connectivity index (χ0) is 13.3. The summed E-state index contributed by atoms with van der Waals surface area (Å²) in [5.74, 6) is 0. The maximum Gasteiger partial charge on any atom is 0.0770 e. The zero-order valence-electron chi connectivity index (χ0n) is 10.7. The van der Waals surface area contributed by atoms with Crippen molar-refractivity contribution in [2.45, 2.75) is 31.6 Å². The summed E-state index contributed by atoms with van der Waals surface area (Å²) in [5.41, 5.74) is 1.19. The third-order valence-electron chi connectivity index (χ3n) is 3.28. The van der Waals surface area contributed by atoms with Crippen LogP contribution >= 0.6 is 38.9 Å². The van der Waals surface area contributed by atoms with Crippen molar-refractivity contribution in [2.75, 3.05) is 0 Å². The van der Waals surface area contributed by atoms with Crippen molar-refractivity contribution < 1.29 is 0 Å². The van der Waals surface area contributed by atoms with E-state index in [1.165, 1.54) is 15.3 Å². The average molecular weight is 344 g/mol. The predicted molar refractivity (Wildman–Crippen MR) is 84.8 cm³/mol. The van der Waals surface area contributed by atoms with E-state index < -0.39 is 0 Å². The van der Waals surface area contributed by atoms with Gasteiger partial charge < -0.3 is 0 Å². The molecule has 96 valence electrons. The molecule has 0 N–H and O–H groups in total. The van der Waals surface area contributed by atoms with Crippen molar-refractivity contribution in [1.29, 1.82) is 0 Å². The average Bonchev–Trinajstić information content (AvgIpc) is 2.69. The first-order chi connectivity index (χ1) is 8.43. The highest BCUT2D eigenvalue weighted by Crippen LogP contribution is 2.45. The fraction of sp³-hybridized carbons (Fsp3) is 0.333. The van der Waals surface area contributed by atoms with Crippen molar-refractivity contribution >= 4 is 38.9 Å². The molecule has 0 nitrogen and oxygen atoms in total. The standard InChI is InChI=1S/C15H16BrClS/c1-10-12(16)9-13(18-10)14(17)15(2,3)11-7-5-4-6-8-11/h4-9,14H,1-3H3. The Morgan fingerprint density at radius 3 is 2.33 bits per heavy atom. The Hall–Kier alpha value is -0.310. The molecule has 0 aliphatic carbocycles. The fourth-order valence-corrected chi connectivity index (χ4v) is 4.02. The Morgan fingerprint density at radius 2 is 1.83 bits per heavy atom. The van der Waals surface area contributed by atoms with E-state index in [0.717, 1.165) is 4.47 Å². The monoisotopic (exact) mass is 342 g/mol. The van der Waals surface area contributed by atoms with Crippen LogP contribution in [0.4, 0.5) is 0 Å². The Labute approximate surface area is 126 Å². The maximum absolute atomic E-state index is 6.71. The van der Waals surface area contributed by atoms with E-state index in [9.17, 15) is 0 Å². The highest BCUT2D eigenvalue weighted by molar-refractivity contribution is 9.10. The molecule has 1 unspecified atom stereocenters. The third kappa shape index (κ3) is 2.66. The first-order valence-electron chi connectivity index (χ1n) is 5.88. The van der Waals surface area contributed by atoms with Gasteiger partial charge in [-0.1, -0.05) is 44.2 Å². The molecule has 0 aliphatic rings. The topological polar surface area (TPSA) is 0 Å². The van der Waals surface area contributed by atoms with Crippen LogP contribution in [0.15, 0.2) is 40.9 Å². The summed E-state index contributed by atoms with van der Waals surface area (Å²) in [7, 11) is 0. The summed E-state index contributed by atoms with van der Waals surface area (Å²) in [5, 5.41) is -0.0186. The molecule has 3 heteroatoms. The lowest BCUT2D eigenvalue weighted by molar-refractivity contribution is 0.509. The Balaban J connectivity index is 2.35. The predicted octanol–water partition coefficient (Wildman–Crippen LogP) is 6.08. The van der Waals surface area contributed by atoms with Gasteiger partial charge in [-0.3, -0.25) is 0 Å². The number of aryl methyl sites for hydroxylation is 1. The maximum atomic E-state index is 6.71. The first kappa shape index (κ1) is 14.1. The molecular formula is C15H16BrClS. The summed E-state index contributed by atoms with van der Waals surface area (Å²) < 4.78 is 1.15. The minimum Gasteiger partial charge on any atom is -0.143 e. The van der Waals surface area contributed by atoms with E-state index in [1.807, 2.05) is 6.07 Å². The van der Waals surface area contributed by atoms with Gasteiger partial charge >= 0.3 is 0 Å². The number of hydrogen-bond donors (Lipinski definition) is 0. The van der Waals surface area contributed by atoms with Crippen LogP contribution in [0.5, 0.6) is 0 Å². The number of thiophene rings is 1. The van der Waals surface area contributed by atoms with Gasteiger partial charge in [-0.2, -0.15) is 0 Å². The minimum atomic E-state index is -0.0838. The molecule has 0 spiro atoms. The van der Waals surface area contributed by atoms with Crippen molar-refractivity contribution in [3.8, 4) is 0 Å². The molecule has 0 amide bonds. The summed E-state index contributed by atoms with van der Waals surface area (Å²) in [6.07, 6.45) is 0. The van der Waals surface area contributed by atoms with E-state index >= 15 is 0 Å². The number of hydrogen-bond acceptors (Lipinski definition) is 1. The zero-order valence-corrected chi connectivity index (χ0v) is 13.9. The number of rotatable bonds is 3. The Morgan fingerprint density at radius 1 is 1.22 bits per heavy atom. The van der Waals surface area contributed by atoms with Gasteiger partial charge in [-0.25, -0.2) is 0 Å². The molecule has 1 atom stereocenters. The van der Waals surface area contributed by atoms with Crippen LogP contribution in [0.25, 0.3) is 0 Å². The lowest BCUT2D eigenvalue weighted by Crippen LogP contribution is -2.22. The molecule has 0 bridgehead atoms. The van der Waals surface area contributed by atoms with E-state index in [2.05, 4.69) is 67.0 Å². The van der Waals surface area contributed by atoms with E-state index in [-0.39, 0.29) is 10.8 Å². The van der Waals surface area contributed by atoms with Crippen molar-refractivity contribution in [2.24, 2.45) is 0 Å². The normalized spacial score (nSPS) is 13.6. The highest BCUT2D eigenvalue weighted by atomic mass is 79.9. The molecule has 2 aromatic rings. The highest BCUT2D eigenvalue weighted by Gasteiger charge is 2.32. The molecular weight excluding hydrogens is 328 g/mol. The van der Waals surface area contributed by atoms with Crippen LogP contribution in [-0.4, -0.2) is 0 Å². The van der Waals surface area contributed by atoms with Crippen LogP contribution in [-0.2, 0) is 5.41 Å². The second kappa shape index (κ2) is 5.36. The van der Waals surface area contributed by atoms with Crippen LogP contribution in [0, 0.1) is 6.92 Å². The van der Waals surface area contributed by atoms with Crippen LogP contribution < -0.4 is 0 Å². The molecule has 2 rings (SSSR count). The number of halogens is 2. The van der Waals surface area contributed by atoms with E-state index in [0.29, 0.717) is 0 Å². The molecule has 18 heavy (non-hydrogen) atoms. The van der Waals surface area contributed by atoms with Crippen LogP contribution in [0.1, 0.15) is 34.5 Å². The number of benzene rings is 1. The Bertz CT molecular complexity index is 511. The SMILES string of the molecule is Cc1sc(C(Cl)C(C)(C)c2ccccc2)cc1Br. The molecule has 0 saturated carbocycles. The van der Waals surface area contributed by atoms with E-state index in [1.54, 1.807) is 11.3 Å². The second-order valence-corrected chi connectivity index (χ2v) is 7.58. The van der Waals surface area contributed by atoms with Gasteiger partial charge in [0, 0.05) is 19.6 Å². The molecule has 1 heterocycles. The van der Waals surface area contributed by atoms with E-state index in [4.69, 9.17) is 11.6 Å². The minimum absolute atomic E-state index is 0.0186. The third-order valence-corrected chi connectivity index (χ3v) is 6.39. The molecule has 0 fully saturated rings.